The number of nitrogens with one attached hydrogen (secondary N) is 1. The van der Waals surface area contributed by atoms with Crippen molar-refractivity contribution in [2.24, 2.45) is 0 Å². The van der Waals surface area contributed by atoms with Gasteiger partial charge < -0.3 is 19.5 Å². The summed E-state index contributed by atoms with van der Waals surface area (Å²) in [6.07, 6.45) is 3.53. The number of hydrogen-bond donors (Lipinski definition) is 0. The second-order valence-electron chi connectivity index (χ2n) is 8.28. The molecule has 1 aliphatic heterocycles. The van der Waals surface area contributed by atoms with E-state index in [0.29, 0.717) is 22.6 Å². The zero-order valence-electron chi connectivity index (χ0n) is 19.3. The van der Waals surface area contributed by atoms with Crippen LogP contribution in [0.25, 0.3) is 5.76 Å². The van der Waals surface area contributed by atoms with Crippen LogP contribution in [0.5, 0.6) is 11.5 Å². The molecule has 34 heavy (non-hydrogen) atoms. The number of rotatable bonds is 7. The van der Waals surface area contributed by atoms with Crippen molar-refractivity contribution in [2.45, 2.75) is 32.5 Å². The van der Waals surface area contributed by atoms with Crippen LogP contribution in [0.4, 0.5) is 0 Å². The molecule has 7 heteroatoms. The van der Waals surface area contributed by atoms with Gasteiger partial charge in [-0.1, -0.05) is 30.0 Å². The molecule has 0 radical (unpaired) electrons. The van der Waals surface area contributed by atoms with Crippen LogP contribution < -0.4 is 19.6 Å². The summed E-state index contributed by atoms with van der Waals surface area (Å²) in [5.74, 6) is -0.701. The van der Waals surface area contributed by atoms with Gasteiger partial charge in [0.05, 0.1) is 25.8 Å². The van der Waals surface area contributed by atoms with E-state index in [0.717, 1.165) is 5.56 Å². The van der Waals surface area contributed by atoms with Crippen LogP contribution in [-0.2, 0) is 16.1 Å². The lowest BCUT2D eigenvalue weighted by Gasteiger charge is -2.27. The van der Waals surface area contributed by atoms with Crippen LogP contribution >= 0.6 is 0 Å². The van der Waals surface area contributed by atoms with E-state index >= 15 is 0 Å². The number of carbonyl (C=O) groups is 2. The molecule has 1 aliphatic rings. The summed E-state index contributed by atoms with van der Waals surface area (Å²) in [4.78, 5) is 30.7. The van der Waals surface area contributed by atoms with Gasteiger partial charge >= 0.3 is 0 Å². The number of aromatic amines is 1. The number of aromatic nitrogens is 1. The number of benzene rings is 2. The number of pyridine rings is 1. The van der Waals surface area contributed by atoms with Crippen molar-refractivity contribution in [3.63, 3.8) is 0 Å². The predicted molar refractivity (Wildman–Crippen MR) is 123 cm³/mol. The summed E-state index contributed by atoms with van der Waals surface area (Å²) in [6, 6.07) is 16.5. The SMILES string of the molecule is COc1ccc(C([O-])=C2C(=O)C(=O)N(Cc3ccc[nH+]c3)C2c2ccc(OC(C)C)cc2)cc1. The highest BCUT2D eigenvalue weighted by atomic mass is 16.5. The molecular weight excluding hydrogens is 432 g/mol. The average Bonchev–Trinajstić information content (AvgIpc) is 3.09. The van der Waals surface area contributed by atoms with Crippen LogP contribution in [-0.4, -0.2) is 29.8 Å². The van der Waals surface area contributed by atoms with Crippen molar-refractivity contribution in [3.05, 3.63) is 95.3 Å². The lowest BCUT2D eigenvalue weighted by molar-refractivity contribution is -0.378. The van der Waals surface area contributed by atoms with Gasteiger partial charge in [0.1, 0.15) is 11.5 Å². The van der Waals surface area contributed by atoms with Crippen molar-refractivity contribution in [2.75, 3.05) is 7.11 Å². The summed E-state index contributed by atoms with van der Waals surface area (Å²) < 4.78 is 10.9. The molecule has 4 rings (SSSR count). The maximum absolute atomic E-state index is 13.5. The minimum absolute atomic E-state index is 0.00471. The predicted octanol–water partition coefficient (Wildman–Crippen LogP) is 2.72. The van der Waals surface area contributed by atoms with E-state index < -0.39 is 23.5 Å². The molecule has 0 saturated carbocycles. The fraction of sp³-hybridized carbons (Fsp3) is 0.222. The second-order valence-corrected chi connectivity index (χ2v) is 8.28. The van der Waals surface area contributed by atoms with Crippen molar-refractivity contribution < 1.29 is 29.2 Å². The topological polar surface area (TPSA) is 93.0 Å². The first kappa shape index (κ1) is 23.0. The monoisotopic (exact) mass is 458 g/mol. The number of likely N-dealkylation sites (tertiary alicyclic amines) is 1. The zero-order valence-corrected chi connectivity index (χ0v) is 19.3. The Hall–Kier alpha value is -4.13. The number of Topliss-reactive ketones (excluding diaryl/α,β-unsaturated/α-hetero) is 1. The second kappa shape index (κ2) is 9.79. The number of ether oxygens (including phenoxy) is 2. The lowest BCUT2D eigenvalue weighted by Crippen LogP contribution is -2.29. The van der Waals surface area contributed by atoms with E-state index in [1.807, 2.05) is 26.0 Å². The van der Waals surface area contributed by atoms with E-state index in [-0.39, 0.29) is 18.2 Å². The minimum Gasteiger partial charge on any atom is -0.872 e. The van der Waals surface area contributed by atoms with E-state index in [1.54, 1.807) is 60.9 Å². The van der Waals surface area contributed by atoms with Crippen LogP contribution in [0.1, 0.15) is 36.6 Å². The van der Waals surface area contributed by atoms with Crippen molar-refractivity contribution in [1.29, 1.82) is 0 Å². The first-order valence-corrected chi connectivity index (χ1v) is 11.0. The van der Waals surface area contributed by atoms with Gasteiger partial charge in [0.2, 0.25) is 5.78 Å². The highest BCUT2D eigenvalue weighted by Gasteiger charge is 2.44. The fourth-order valence-corrected chi connectivity index (χ4v) is 4.00. The standard InChI is InChI=1S/C27H26N2O5/c1-17(2)34-22-12-6-19(7-13-22)24-23(25(30)20-8-10-21(33-3)11-9-20)26(31)27(32)29(24)16-18-5-4-14-28-15-18/h4-15,17,24,30H,16H2,1-3H3. The molecule has 1 amide bonds. The molecule has 0 bridgehead atoms. The van der Waals surface area contributed by atoms with Crippen molar-refractivity contribution >= 4 is 17.4 Å². The smallest absolute Gasteiger partial charge is 0.295 e. The molecule has 1 unspecified atom stereocenters. The minimum atomic E-state index is -0.817. The highest BCUT2D eigenvalue weighted by Crippen LogP contribution is 2.40. The molecule has 2 aromatic carbocycles. The van der Waals surface area contributed by atoms with E-state index in [2.05, 4.69) is 4.98 Å². The first-order chi connectivity index (χ1) is 16.4. The maximum Gasteiger partial charge on any atom is 0.295 e. The van der Waals surface area contributed by atoms with Gasteiger partial charge in [0.15, 0.2) is 12.4 Å². The van der Waals surface area contributed by atoms with Crippen molar-refractivity contribution in [3.8, 4) is 11.5 Å². The Kier molecular flexibility index (Phi) is 6.63. The molecule has 3 aromatic rings. The van der Waals surface area contributed by atoms with Gasteiger partial charge in [-0.15, -0.1) is 0 Å². The fourth-order valence-electron chi connectivity index (χ4n) is 4.00. The normalized spacial score (nSPS) is 17.3. The summed E-state index contributed by atoms with van der Waals surface area (Å²) in [7, 11) is 1.53. The number of ketones is 1. The van der Waals surface area contributed by atoms with Crippen LogP contribution in [0.15, 0.2) is 78.6 Å². The first-order valence-electron chi connectivity index (χ1n) is 11.0. The molecule has 7 nitrogen and oxygen atoms in total. The number of H-pyrrole nitrogens is 1. The largest absolute Gasteiger partial charge is 0.872 e. The van der Waals surface area contributed by atoms with Crippen LogP contribution in [0.2, 0.25) is 0 Å². The Morgan fingerprint density at radius 2 is 1.71 bits per heavy atom. The summed E-state index contributed by atoms with van der Waals surface area (Å²) in [5.41, 5.74) is 1.72. The number of amides is 1. The summed E-state index contributed by atoms with van der Waals surface area (Å²) in [6.45, 7) is 4.04. The van der Waals surface area contributed by atoms with Gasteiger partial charge in [-0.25, -0.2) is 4.98 Å². The van der Waals surface area contributed by atoms with Gasteiger partial charge in [-0.3, -0.25) is 9.59 Å². The van der Waals surface area contributed by atoms with Gasteiger partial charge in [0.25, 0.3) is 5.91 Å². The molecule has 1 atom stereocenters. The van der Waals surface area contributed by atoms with Gasteiger partial charge in [-0.05, 0) is 55.3 Å². The molecule has 1 aromatic heterocycles. The number of nitrogens with zero attached hydrogens (tertiary/aromatic N) is 1. The Balaban J connectivity index is 1.80. The summed E-state index contributed by atoms with van der Waals surface area (Å²) in [5, 5.41) is 13.5. The lowest BCUT2D eigenvalue weighted by atomic mass is 9.95. The van der Waals surface area contributed by atoms with Crippen molar-refractivity contribution in [1.82, 2.24) is 4.90 Å². The van der Waals surface area contributed by atoms with Gasteiger partial charge in [-0.2, -0.15) is 0 Å². The third-order valence-corrected chi connectivity index (χ3v) is 5.57. The molecule has 0 aliphatic carbocycles. The number of carbonyl (C=O) groups excluding carboxylic acids is 2. The Morgan fingerprint density at radius 3 is 2.29 bits per heavy atom. The molecule has 0 spiro atoms. The summed E-state index contributed by atoms with van der Waals surface area (Å²) >= 11 is 0. The van der Waals surface area contributed by atoms with E-state index in [1.165, 1.54) is 12.0 Å². The molecule has 174 valence electrons. The van der Waals surface area contributed by atoms with Crippen LogP contribution in [0, 0.1) is 0 Å². The zero-order chi connectivity index (χ0) is 24.2. The maximum atomic E-state index is 13.5. The Labute approximate surface area is 198 Å². The number of hydrogen-bond acceptors (Lipinski definition) is 5. The quantitative estimate of drug-likeness (QED) is 0.308. The van der Waals surface area contributed by atoms with E-state index in [4.69, 9.17) is 9.47 Å². The van der Waals surface area contributed by atoms with E-state index in [9.17, 15) is 14.7 Å². The molecule has 1 N–H and O–H groups in total. The highest BCUT2D eigenvalue weighted by molar-refractivity contribution is 6.46. The third-order valence-electron chi connectivity index (χ3n) is 5.57. The molecule has 1 fully saturated rings. The molecule has 1 saturated heterocycles. The van der Waals surface area contributed by atoms with Crippen LogP contribution in [0.3, 0.4) is 0 Å². The van der Waals surface area contributed by atoms with Gasteiger partial charge in [0, 0.05) is 17.2 Å². The Morgan fingerprint density at radius 1 is 1.03 bits per heavy atom. The average molecular weight is 459 g/mol. The molecular formula is C27H26N2O5. The number of methoxy groups -OCH3 is 1. The third kappa shape index (κ3) is 4.64. The molecule has 2 heterocycles. The Bertz CT molecular complexity index is 1200.